The first-order chi connectivity index (χ1) is 9.10. The number of nitrogens with zero attached hydrogens (tertiary/aromatic N) is 2. The van der Waals surface area contributed by atoms with Gasteiger partial charge in [0.25, 0.3) is 0 Å². The summed E-state index contributed by atoms with van der Waals surface area (Å²) in [5.41, 5.74) is 3.06. The highest BCUT2D eigenvalue weighted by Crippen LogP contribution is 2.27. The van der Waals surface area contributed by atoms with E-state index in [4.69, 9.17) is 16.3 Å². The molecule has 1 aromatic carbocycles. The number of aryl methyl sites for hydroxylation is 1. The second kappa shape index (κ2) is 6.02. The number of alkyl halides is 1. The summed E-state index contributed by atoms with van der Waals surface area (Å²) in [5, 5.41) is 7.98. The van der Waals surface area contributed by atoms with Crippen molar-refractivity contribution in [1.82, 2.24) is 10.2 Å². The molecule has 3 nitrogen and oxygen atoms in total. The number of aromatic nitrogens is 2. The molecule has 2 aromatic rings. The van der Waals surface area contributed by atoms with Crippen LogP contribution in [0.2, 0.25) is 0 Å². The molecule has 0 amide bonds. The number of halogens is 1. The smallest absolute Gasteiger partial charge is 0.238 e. The van der Waals surface area contributed by atoms with Crippen molar-refractivity contribution < 1.29 is 4.74 Å². The van der Waals surface area contributed by atoms with Gasteiger partial charge >= 0.3 is 0 Å². The highest BCUT2D eigenvalue weighted by atomic mass is 35.5. The van der Waals surface area contributed by atoms with Gasteiger partial charge in [0.15, 0.2) is 0 Å². The molecule has 0 spiro atoms. The molecule has 0 radical (unpaired) electrons. The summed E-state index contributed by atoms with van der Waals surface area (Å²) in [5.74, 6) is 2.12. The number of ether oxygens (including phenoxy) is 1. The molecule has 0 aliphatic carbocycles. The highest BCUT2D eigenvalue weighted by Gasteiger charge is 2.07. The molecule has 0 fully saturated rings. The molecule has 0 aliphatic rings. The third-order valence-corrected chi connectivity index (χ3v) is 3.20. The predicted octanol–water partition coefficient (Wildman–Crippen LogP) is 4.44. The van der Waals surface area contributed by atoms with E-state index in [1.807, 2.05) is 13.0 Å². The van der Waals surface area contributed by atoms with Gasteiger partial charge in [-0.25, -0.2) is 0 Å². The van der Waals surface area contributed by atoms with Crippen LogP contribution < -0.4 is 4.74 Å². The Bertz CT molecular complexity index is 553. The SMILES string of the molecule is Cc1ccc(C(C)C)cc1Oc1ccc(CCl)nn1. The van der Waals surface area contributed by atoms with Gasteiger partial charge in [-0.2, -0.15) is 5.10 Å². The Labute approximate surface area is 118 Å². The zero-order valence-corrected chi connectivity index (χ0v) is 12.1. The monoisotopic (exact) mass is 276 g/mol. The minimum atomic E-state index is 0.356. The van der Waals surface area contributed by atoms with Crippen molar-refractivity contribution in [3.8, 4) is 11.6 Å². The first-order valence-corrected chi connectivity index (χ1v) is 6.80. The third-order valence-electron chi connectivity index (χ3n) is 2.93. The van der Waals surface area contributed by atoms with Gasteiger partial charge < -0.3 is 4.74 Å². The summed E-state index contributed by atoms with van der Waals surface area (Å²) in [7, 11) is 0. The van der Waals surface area contributed by atoms with E-state index < -0.39 is 0 Å². The van der Waals surface area contributed by atoms with Gasteiger partial charge in [-0.3, -0.25) is 0 Å². The molecule has 0 N–H and O–H groups in total. The van der Waals surface area contributed by atoms with E-state index in [1.54, 1.807) is 6.07 Å². The fourth-order valence-corrected chi connectivity index (χ4v) is 1.81. The molecule has 1 heterocycles. The molecule has 2 rings (SSSR count). The van der Waals surface area contributed by atoms with Crippen LogP contribution in [0.3, 0.4) is 0 Å². The largest absolute Gasteiger partial charge is 0.437 e. The van der Waals surface area contributed by atoms with E-state index in [-0.39, 0.29) is 0 Å². The lowest BCUT2D eigenvalue weighted by atomic mass is 10.0. The van der Waals surface area contributed by atoms with E-state index in [0.29, 0.717) is 17.7 Å². The lowest BCUT2D eigenvalue weighted by Gasteiger charge is -2.11. The molecule has 0 saturated carbocycles. The topological polar surface area (TPSA) is 35.0 Å². The first kappa shape index (κ1) is 13.8. The summed E-state index contributed by atoms with van der Waals surface area (Å²) < 4.78 is 5.78. The van der Waals surface area contributed by atoms with E-state index in [9.17, 15) is 0 Å². The Morgan fingerprint density at radius 1 is 1.16 bits per heavy atom. The van der Waals surface area contributed by atoms with Gasteiger partial charge in [0.2, 0.25) is 5.88 Å². The molecular formula is C15H17ClN2O. The number of rotatable bonds is 4. The maximum Gasteiger partial charge on any atom is 0.238 e. The average molecular weight is 277 g/mol. The van der Waals surface area contributed by atoms with Crippen molar-refractivity contribution in [3.05, 3.63) is 47.2 Å². The average Bonchev–Trinajstić information content (AvgIpc) is 2.42. The quantitative estimate of drug-likeness (QED) is 0.775. The van der Waals surface area contributed by atoms with Crippen LogP contribution in [0.4, 0.5) is 0 Å². The minimum Gasteiger partial charge on any atom is -0.437 e. The Kier molecular flexibility index (Phi) is 4.38. The van der Waals surface area contributed by atoms with Gasteiger partial charge in [0, 0.05) is 6.07 Å². The second-order valence-corrected chi connectivity index (χ2v) is 5.05. The van der Waals surface area contributed by atoms with Crippen molar-refractivity contribution >= 4 is 11.6 Å². The molecule has 0 atom stereocenters. The fourth-order valence-electron chi connectivity index (χ4n) is 1.67. The van der Waals surface area contributed by atoms with Crippen LogP contribution in [0, 0.1) is 6.92 Å². The third kappa shape index (κ3) is 3.44. The van der Waals surface area contributed by atoms with Crippen LogP contribution >= 0.6 is 11.6 Å². The Balaban J connectivity index is 2.23. The van der Waals surface area contributed by atoms with Crippen molar-refractivity contribution in [2.45, 2.75) is 32.6 Å². The first-order valence-electron chi connectivity index (χ1n) is 6.27. The summed E-state index contributed by atoms with van der Waals surface area (Å²) in [6.07, 6.45) is 0. The Morgan fingerprint density at radius 2 is 1.95 bits per heavy atom. The standard InChI is InChI=1S/C15H17ClN2O/c1-10(2)12-5-4-11(3)14(8-12)19-15-7-6-13(9-16)17-18-15/h4-8,10H,9H2,1-3H3. The number of hydrogen-bond acceptors (Lipinski definition) is 3. The summed E-state index contributed by atoms with van der Waals surface area (Å²) in [6.45, 7) is 6.33. The van der Waals surface area contributed by atoms with Crippen LogP contribution in [-0.4, -0.2) is 10.2 Å². The van der Waals surface area contributed by atoms with Gasteiger partial charge in [-0.1, -0.05) is 26.0 Å². The molecule has 0 aliphatic heterocycles. The maximum absolute atomic E-state index is 5.78. The maximum atomic E-state index is 5.78. The van der Waals surface area contributed by atoms with Crippen LogP contribution in [0.15, 0.2) is 30.3 Å². The zero-order valence-electron chi connectivity index (χ0n) is 11.4. The molecule has 19 heavy (non-hydrogen) atoms. The molecule has 0 saturated heterocycles. The van der Waals surface area contributed by atoms with Gasteiger partial charge in [-0.15, -0.1) is 16.7 Å². The summed E-state index contributed by atoms with van der Waals surface area (Å²) in [6, 6.07) is 9.83. The highest BCUT2D eigenvalue weighted by molar-refractivity contribution is 6.16. The van der Waals surface area contributed by atoms with Gasteiger partial charge in [0.05, 0.1) is 11.6 Å². The van der Waals surface area contributed by atoms with E-state index in [0.717, 1.165) is 17.0 Å². The molecule has 0 unspecified atom stereocenters. The van der Waals surface area contributed by atoms with Gasteiger partial charge in [-0.05, 0) is 36.1 Å². The van der Waals surface area contributed by atoms with Crippen molar-refractivity contribution in [2.24, 2.45) is 0 Å². The van der Waals surface area contributed by atoms with Crippen molar-refractivity contribution in [3.63, 3.8) is 0 Å². The Hall–Kier alpha value is -1.61. The zero-order chi connectivity index (χ0) is 13.8. The normalized spacial score (nSPS) is 10.8. The van der Waals surface area contributed by atoms with Crippen LogP contribution in [0.5, 0.6) is 11.6 Å². The Morgan fingerprint density at radius 3 is 2.53 bits per heavy atom. The summed E-state index contributed by atoms with van der Waals surface area (Å²) in [4.78, 5) is 0. The van der Waals surface area contributed by atoms with Crippen LogP contribution in [0.25, 0.3) is 0 Å². The number of benzene rings is 1. The molecular weight excluding hydrogens is 260 g/mol. The number of hydrogen-bond donors (Lipinski definition) is 0. The lowest BCUT2D eigenvalue weighted by Crippen LogP contribution is -1.96. The minimum absolute atomic E-state index is 0.356. The van der Waals surface area contributed by atoms with Crippen molar-refractivity contribution in [1.29, 1.82) is 0 Å². The van der Waals surface area contributed by atoms with Crippen LogP contribution in [0.1, 0.15) is 36.6 Å². The fraction of sp³-hybridized carbons (Fsp3) is 0.333. The molecule has 1 aromatic heterocycles. The lowest BCUT2D eigenvalue weighted by molar-refractivity contribution is 0.450. The van der Waals surface area contributed by atoms with E-state index >= 15 is 0 Å². The van der Waals surface area contributed by atoms with Gasteiger partial charge in [0.1, 0.15) is 5.75 Å². The molecule has 0 bridgehead atoms. The van der Waals surface area contributed by atoms with E-state index in [2.05, 4.69) is 42.2 Å². The van der Waals surface area contributed by atoms with Crippen LogP contribution in [-0.2, 0) is 5.88 Å². The second-order valence-electron chi connectivity index (χ2n) is 4.78. The predicted molar refractivity (Wildman–Crippen MR) is 76.9 cm³/mol. The van der Waals surface area contributed by atoms with E-state index in [1.165, 1.54) is 5.56 Å². The molecule has 4 heteroatoms. The molecule has 100 valence electrons. The van der Waals surface area contributed by atoms with Crippen molar-refractivity contribution in [2.75, 3.05) is 0 Å². The summed E-state index contributed by atoms with van der Waals surface area (Å²) >= 11 is 5.68.